The minimum atomic E-state index is -0.222. The molecule has 5 heteroatoms. The molecular weight excluding hydrogens is 237 g/mol. The van der Waals surface area contributed by atoms with Crippen LogP contribution in [0.25, 0.3) is 0 Å². The molecule has 2 aromatic rings. The van der Waals surface area contributed by atoms with Crippen molar-refractivity contribution in [3.8, 4) is 0 Å². The van der Waals surface area contributed by atoms with Crippen LogP contribution in [-0.4, -0.2) is 10.2 Å². The van der Waals surface area contributed by atoms with Gasteiger partial charge < -0.3 is 5.73 Å². The predicted octanol–water partition coefficient (Wildman–Crippen LogP) is 2.68. The third kappa shape index (κ3) is 3.08. The van der Waals surface area contributed by atoms with Gasteiger partial charge in [0.15, 0.2) is 0 Å². The summed E-state index contributed by atoms with van der Waals surface area (Å²) in [7, 11) is 0. The Morgan fingerprint density at radius 3 is 2.65 bits per heavy atom. The number of aromatic nitrogens is 2. The van der Waals surface area contributed by atoms with E-state index < -0.39 is 0 Å². The molecule has 0 saturated carbocycles. The summed E-state index contributed by atoms with van der Waals surface area (Å²) in [5, 5.41) is 9.95. The van der Waals surface area contributed by atoms with Crippen molar-refractivity contribution < 1.29 is 4.39 Å². The van der Waals surface area contributed by atoms with Gasteiger partial charge in [-0.15, -0.1) is 10.2 Å². The van der Waals surface area contributed by atoms with Crippen molar-refractivity contribution in [1.82, 2.24) is 10.2 Å². The monoisotopic (exact) mass is 251 g/mol. The standard InChI is InChI=1S/C12H14FN3S/c1-2-10(14)12-16-15-11(17-12)7-8-3-5-9(13)6-4-8/h3-6,10H,2,7,14H2,1H3. The first-order valence-electron chi connectivity index (χ1n) is 5.51. The van der Waals surface area contributed by atoms with E-state index in [4.69, 9.17) is 5.73 Å². The molecule has 17 heavy (non-hydrogen) atoms. The van der Waals surface area contributed by atoms with Gasteiger partial charge in [-0.1, -0.05) is 30.4 Å². The largest absolute Gasteiger partial charge is 0.322 e. The summed E-state index contributed by atoms with van der Waals surface area (Å²) in [5.41, 5.74) is 6.91. The van der Waals surface area contributed by atoms with Gasteiger partial charge in [0.25, 0.3) is 0 Å². The van der Waals surface area contributed by atoms with Crippen molar-refractivity contribution in [3.63, 3.8) is 0 Å². The van der Waals surface area contributed by atoms with Crippen LogP contribution in [0.1, 0.15) is 35.0 Å². The molecule has 90 valence electrons. The molecule has 2 rings (SSSR count). The average molecular weight is 251 g/mol. The molecule has 0 aliphatic heterocycles. The zero-order valence-corrected chi connectivity index (χ0v) is 10.4. The number of nitrogens with zero attached hydrogens (tertiary/aromatic N) is 2. The number of hydrogen-bond donors (Lipinski definition) is 1. The highest BCUT2D eigenvalue weighted by Gasteiger charge is 2.10. The summed E-state index contributed by atoms with van der Waals surface area (Å²) < 4.78 is 12.7. The van der Waals surface area contributed by atoms with Crippen molar-refractivity contribution in [3.05, 3.63) is 45.7 Å². The summed E-state index contributed by atoms with van der Waals surface area (Å²) in [6, 6.07) is 6.39. The van der Waals surface area contributed by atoms with E-state index >= 15 is 0 Å². The summed E-state index contributed by atoms with van der Waals surface area (Å²) in [6.45, 7) is 2.02. The zero-order chi connectivity index (χ0) is 12.3. The fourth-order valence-corrected chi connectivity index (χ4v) is 2.40. The van der Waals surface area contributed by atoms with Crippen LogP contribution in [-0.2, 0) is 6.42 Å². The molecule has 0 saturated heterocycles. The van der Waals surface area contributed by atoms with Gasteiger partial charge in [0.2, 0.25) is 0 Å². The van der Waals surface area contributed by atoms with Gasteiger partial charge in [-0.25, -0.2) is 4.39 Å². The Bertz CT molecular complexity index is 481. The quantitative estimate of drug-likeness (QED) is 0.909. The predicted molar refractivity (Wildman–Crippen MR) is 66.3 cm³/mol. The lowest BCUT2D eigenvalue weighted by Gasteiger charge is -2.00. The van der Waals surface area contributed by atoms with E-state index in [-0.39, 0.29) is 11.9 Å². The lowest BCUT2D eigenvalue weighted by atomic mass is 10.2. The molecule has 0 spiro atoms. The van der Waals surface area contributed by atoms with Crippen LogP contribution in [0, 0.1) is 5.82 Å². The second kappa shape index (κ2) is 5.33. The zero-order valence-electron chi connectivity index (χ0n) is 9.56. The molecular formula is C12H14FN3S. The Labute approximate surface area is 104 Å². The summed E-state index contributed by atoms with van der Waals surface area (Å²) in [5.74, 6) is -0.222. The average Bonchev–Trinajstić information content (AvgIpc) is 2.80. The number of nitrogens with two attached hydrogens (primary N) is 1. The molecule has 0 amide bonds. The van der Waals surface area contributed by atoms with E-state index in [0.29, 0.717) is 6.42 Å². The molecule has 0 radical (unpaired) electrons. The van der Waals surface area contributed by atoms with E-state index in [2.05, 4.69) is 10.2 Å². The van der Waals surface area contributed by atoms with Gasteiger partial charge in [-0.05, 0) is 24.1 Å². The van der Waals surface area contributed by atoms with E-state index in [1.807, 2.05) is 6.92 Å². The van der Waals surface area contributed by atoms with Crippen LogP contribution in [0.4, 0.5) is 4.39 Å². The summed E-state index contributed by atoms with van der Waals surface area (Å²) in [4.78, 5) is 0. The molecule has 2 N–H and O–H groups in total. The Balaban J connectivity index is 2.08. The van der Waals surface area contributed by atoms with Crippen molar-refractivity contribution in [2.24, 2.45) is 5.73 Å². The van der Waals surface area contributed by atoms with Crippen LogP contribution in [0.2, 0.25) is 0 Å². The Morgan fingerprint density at radius 2 is 2.00 bits per heavy atom. The van der Waals surface area contributed by atoms with E-state index in [9.17, 15) is 4.39 Å². The Morgan fingerprint density at radius 1 is 1.29 bits per heavy atom. The highest BCUT2D eigenvalue weighted by molar-refractivity contribution is 7.11. The van der Waals surface area contributed by atoms with Gasteiger partial charge in [-0.2, -0.15) is 0 Å². The maximum Gasteiger partial charge on any atom is 0.134 e. The minimum absolute atomic E-state index is 0.0329. The SMILES string of the molecule is CCC(N)c1nnc(Cc2ccc(F)cc2)s1. The van der Waals surface area contributed by atoms with Crippen molar-refractivity contribution in [1.29, 1.82) is 0 Å². The van der Waals surface area contributed by atoms with Crippen molar-refractivity contribution in [2.45, 2.75) is 25.8 Å². The van der Waals surface area contributed by atoms with E-state index in [1.165, 1.54) is 23.5 Å². The molecule has 3 nitrogen and oxygen atoms in total. The van der Waals surface area contributed by atoms with Gasteiger partial charge in [-0.3, -0.25) is 0 Å². The van der Waals surface area contributed by atoms with E-state index in [1.54, 1.807) is 12.1 Å². The molecule has 1 atom stereocenters. The van der Waals surface area contributed by atoms with Crippen LogP contribution in [0.5, 0.6) is 0 Å². The lowest BCUT2D eigenvalue weighted by Crippen LogP contribution is -2.07. The van der Waals surface area contributed by atoms with Crippen molar-refractivity contribution in [2.75, 3.05) is 0 Å². The van der Waals surface area contributed by atoms with Crippen LogP contribution < -0.4 is 5.73 Å². The van der Waals surface area contributed by atoms with Gasteiger partial charge in [0, 0.05) is 6.42 Å². The third-order valence-electron chi connectivity index (χ3n) is 2.51. The molecule has 0 bridgehead atoms. The summed E-state index contributed by atoms with van der Waals surface area (Å²) in [6.07, 6.45) is 1.53. The maximum absolute atomic E-state index is 12.7. The fraction of sp³-hybridized carbons (Fsp3) is 0.333. The Hall–Kier alpha value is -1.33. The smallest absolute Gasteiger partial charge is 0.134 e. The molecule has 0 aliphatic rings. The van der Waals surface area contributed by atoms with Gasteiger partial charge in [0.05, 0.1) is 6.04 Å². The summed E-state index contributed by atoms with van der Waals surface area (Å²) >= 11 is 1.52. The highest BCUT2D eigenvalue weighted by Crippen LogP contribution is 2.20. The lowest BCUT2D eigenvalue weighted by molar-refractivity contribution is 0.627. The Kier molecular flexibility index (Phi) is 3.81. The molecule has 1 aromatic carbocycles. The minimum Gasteiger partial charge on any atom is -0.322 e. The van der Waals surface area contributed by atoms with Crippen LogP contribution in [0.15, 0.2) is 24.3 Å². The number of hydrogen-bond acceptors (Lipinski definition) is 4. The number of halogens is 1. The molecule has 0 fully saturated rings. The first-order chi connectivity index (χ1) is 8.19. The molecule has 1 unspecified atom stereocenters. The molecule has 1 heterocycles. The topological polar surface area (TPSA) is 51.8 Å². The van der Waals surface area contributed by atoms with Crippen LogP contribution >= 0.6 is 11.3 Å². The first-order valence-corrected chi connectivity index (χ1v) is 6.33. The second-order valence-corrected chi connectivity index (χ2v) is 4.95. The maximum atomic E-state index is 12.7. The fourth-order valence-electron chi connectivity index (χ4n) is 1.44. The second-order valence-electron chi connectivity index (χ2n) is 3.85. The van der Waals surface area contributed by atoms with Gasteiger partial charge in [0.1, 0.15) is 15.8 Å². The number of benzene rings is 1. The van der Waals surface area contributed by atoms with E-state index in [0.717, 1.165) is 22.0 Å². The molecule has 0 aliphatic carbocycles. The molecule has 1 aromatic heterocycles. The van der Waals surface area contributed by atoms with Gasteiger partial charge >= 0.3 is 0 Å². The highest BCUT2D eigenvalue weighted by atomic mass is 32.1. The normalized spacial score (nSPS) is 12.6. The van der Waals surface area contributed by atoms with Crippen molar-refractivity contribution >= 4 is 11.3 Å². The number of rotatable bonds is 4. The first kappa shape index (κ1) is 12.1. The van der Waals surface area contributed by atoms with Crippen LogP contribution in [0.3, 0.4) is 0 Å². The third-order valence-corrected chi connectivity index (χ3v) is 3.56.